The molecule has 0 aliphatic heterocycles. The second-order valence-electron chi connectivity index (χ2n) is 3.79. The first kappa shape index (κ1) is 13.0. The van der Waals surface area contributed by atoms with Gasteiger partial charge in [0.05, 0.1) is 19.3 Å². The fourth-order valence-corrected chi connectivity index (χ4v) is 3.21. The van der Waals surface area contributed by atoms with Gasteiger partial charge in [-0.05, 0) is 26.0 Å². The Morgan fingerprint density at radius 1 is 1.39 bits per heavy atom. The first-order valence-electron chi connectivity index (χ1n) is 5.45. The lowest BCUT2D eigenvalue weighted by atomic mass is 10.4. The van der Waals surface area contributed by atoms with Crippen LogP contribution in [0.25, 0.3) is 0 Å². The molecule has 0 saturated carbocycles. The third kappa shape index (κ3) is 2.88. The number of nitrogens with one attached hydrogen (secondary N) is 1. The fourth-order valence-electron chi connectivity index (χ4n) is 1.50. The molecule has 2 aromatic rings. The predicted molar refractivity (Wildman–Crippen MR) is 74.6 cm³/mol. The Kier molecular flexibility index (Phi) is 3.98. The number of esters is 1. The van der Waals surface area contributed by atoms with Gasteiger partial charge >= 0.3 is 5.97 Å². The zero-order valence-corrected chi connectivity index (χ0v) is 12.1. The molecule has 0 aromatic carbocycles. The molecule has 1 N–H and O–H groups in total. The monoisotopic (exact) mass is 282 g/mol. The minimum Gasteiger partial charge on any atom is -0.465 e. The quantitative estimate of drug-likeness (QED) is 0.875. The molecule has 6 heteroatoms. The summed E-state index contributed by atoms with van der Waals surface area (Å²) in [4.78, 5) is 18.9. The number of anilines is 1. The van der Waals surface area contributed by atoms with Gasteiger partial charge in [0, 0.05) is 9.75 Å². The highest BCUT2D eigenvalue weighted by atomic mass is 32.1. The summed E-state index contributed by atoms with van der Waals surface area (Å²) in [5.41, 5.74) is 0.705. The number of carbonyl (C=O) groups excluding carboxylic acids is 1. The van der Waals surface area contributed by atoms with E-state index in [0.717, 1.165) is 11.7 Å². The first-order chi connectivity index (χ1) is 8.60. The van der Waals surface area contributed by atoms with Crippen molar-refractivity contribution in [3.8, 4) is 0 Å². The largest absolute Gasteiger partial charge is 0.465 e. The van der Waals surface area contributed by atoms with Gasteiger partial charge in [0.1, 0.15) is 4.88 Å². The average Bonchev–Trinajstić information content (AvgIpc) is 2.92. The highest BCUT2D eigenvalue weighted by Crippen LogP contribution is 2.24. The van der Waals surface area contributed by atoms with E-state index in [4.69, 9.17) is 4.74 Å². The summed E-state index contributed by atoms with van der Waals surface area (Å²) in [5, 5.41) is 3.97. The van der Waals surface area contributed by atoms with Crippen LogP contribution in [0.1, 0.15) is 25.1 Å². The highest BCUT2D eigenvalue weighted by Gasteiger charge is 2.15. The maximum Gasteiger partial charge on any atom is 0.350 e. The first-order valence-corrected chi connectivity index (χ1v) is 7.08. The molecule has 2 aromatic heterocycles. The van der Waals surface area contributed by atoms with E-state index in [9.17, 15) is 4.79 Å². The number of ether oxygens (including phenoxy) is 1. The van der Waals surface area contributed by atoms with Crippen LogP contribution in [0.3, 0.4) is 0 Å². The Hall–Kier alpha value is -1.40. The molecule has 18 heavy (non-hydrogen) atoms. The molecule has 0 unspecified atom stereocenters. The second kappa shape index (κ2) is 5.49. The van der Waals surface area contributed by atoms with E-state index in [1.54, 1.807) is 11.3 Å². The highest BCUT2D eigenvalue weighted by molar-refractivity contribution is 7.17. The normalized spacial score (nSPS) is 10.4. The summed E-state index contributed by atoms with van der Waals surface area (Å²) >= 11 is 3.08. The zero-order chi connectivity index (χ0) is 13.1. The van der Waals surface area contributed by atoms with Crippen molar-refractivity contribution in [2.45, 2.75) is 20.4 Å². The lowest BCUT2D eigenvalue weighted by molar-refractivity contribution is 0.0605. The van der Waals surface area contributed by atoms with Gasteiger partial charge < -0.3 is 10.1 Å². The van der Waals surface area contributed by atoms with Crippen molar-refractivity contribution in [2.75, 3.05) is 12.4 Å². The van der Waals surface area contributed by atoms with Gasteiger partial charge in [-0.15, -0.1) is 11.3 Å². The van der Waals surface area contributed by atoms with Gasteiger partial charge in [-0.2, -0.15) is 0 Å². The topological polar surface area (TPSA) is 51.2 Å². The Balaban J connectivity index is 2.04. The van der Waals surface area contributed by atoms with E-state index in [-0.39, 0.29) is 5.97 Å². The Morgan fingerprint density at radius 3 is 2.78 bits per heavy atom. The van der Waals surface area contributed by atoms with Crippen molar-refractivity contribution < 1.29 is 9.53 Å². The average molecular weight is 282 g/mol. The van der Waals surface area contributed by atoms with Crippen molar-refractivity contribution >= 4 is 33.8 Å². The Morgan fingerprint density at radius 2 is 2.17 bits per heavy atom. The number of nitrogens with zero attached hydrogens (tertiary/aromatic N) is 1. The maximum atomic E-state index is 11.4. The second-order valence-corrected chi connectivity index (χ2v) is 6.16. The molecule has 4 nitrogen and oxygen atoms in total. The van der Waals surface area contributed by atoms with Crippen LogP contribution in [0.2, 0.25) is 0 Å². The van der Waals surface area contributed by atoms with Crippen LogP contribution in [0, 0.1) is 13.8 Å². The zero-order valence-electron chi connectivity index (χ0n) is 10.4. The summed E-state index contributed by atoms with van der Waals surface area (Å²) in [6.07, 6.45) is 0. The third-order valence-corrected chi connectivity index (χ3v) is 4.47. The van der Waals surface area contributed by atoms with Crippen LogP contribution in [0.15, 0.2) is 12.1 Å². The third-order valence-electron chi connectivity index (χ3n) is 2.38. The molecule has 0 radical (unpaired) electrons. The number of rotatable bonds is 4. The lowest BCUT2D eigenvalue weighted by Crippen LogP contribution is -1.99. The van der Waals surface area contributed by atoms with Gasteiger partial charge in [0.15, 0.2) is 5.13 Å². The summed E-state index contributed by atoms with van der Waals surface area (Å²) in [6.45, 7) is 4.62. The van der Waals surface area contributed by atoms with E-state index in [2.05, 4.69) is 29.4 Å². The van der Waals surface area contributed by atoms with E-state index >= 15 is 0 Å². The number of thiazole rings is 1. The molecule has 0 atom stereocenters. The predicted octanol–water partition coefficient (Wildman–Crippen LogP) is 3.22. The summed E-state index contributed by atoms with van der Waals surface area (Å²) in [5.74, 6) is -0.329. The van der Waals surface area contributed by atoms with Crippen LogP contribution < -0.4 is 5.32 Å². The number of aromatic nitrogens is 1. The number of methoxy groups -OCH3 is 1. The van der Waals surface area contributed by atoms with Gasteiger partial charge in [-0.25, -0.2) is 9.78 Å². The van der Waals surface area contributed by atoms with Gasteiger partial charge in [0.25, 0.3) is 0 Å². The van der Waals surface area contributed by atoms with Crippen LogP contribution in [-0.4, -0.2) is 18.1 Å². The minimum atomic E-state index is -0.329. The van der Waals surface area contributed by atoms with Crippen molar-refractivity contribution in [2.24, 2.45) is 0 Å². The van der Waals surface area contributed by atoms with Gasteiger partial charge in [-0.1, -0.05) is 11.3 Å². The van der Waals surface area contributed by atoms with Crippen LogP contribution in [0.4, 0.5) is 5.13 Å². The van der Waals surface area contributed by atoms with E-state index in [1.807, 2.05) is 6.92 Å². The molecule has 0 amide bonds. The molecule has 0 fully saturated rings. The van der Waals surface area contributed by atoms with E-state index in [0.29, 0.717) is 10.6 Å². The van der Waals surface area contributed by atoms with Crippen molar-refractivity contribution in [3.63, 3.8) is 0 Å². The van der Waals surface area contributed by atoms with Crippen molar-refractivity contribution in [1.29, 1.82) is 0 Å². The van der Waals surface area contributed by atoms with Crippen molar-refractivity contribution in [1.82, 2.24) is 4.98 Å². The minimum absolute atomic E-state index is 0.329. The lowest BCUT2D eigenvalue weighted by Gasteiger charge is -1.98. The van der Waals surface area contributed by atoms with Crippen LogP contribution in [0.5, 0.6) is 0 Å². The maximum absolute atomic E-state index is 11.4. The molecule has 0 saturated heterocycles. The molecule has 0 aliphatic carbocycles. The number of hydrogen-bond donors (Lipinski definition) is 1. The summed E-state index contributed by atoms with van der Waals surface area (Å²) in [7, 11) is 1.38. The molecular weight excluding hydrogens is 268 g/mol. The van der Waals surface area contributed by atoms with Crippen LogP contribution >= 0.6 is 22.7 Å². The molecule has 2 rings (SSSR count). The standard InChI is InChI=1S/C12H14N2O2S2/c1-7-4-5-9(17-7)6-13-12-14-8(2)10(18-12)11(15)16-3/h4-5H,6H2,1-3H3,(H,13,14). The van der Waals surface area contributed by atoms with E-state index in [1.165, 1.54) is 28.2 Å². The molecule has 2 heterocycles. The summed E-state index contributed by atoms with van der Waals surface area (Å²) in [6, 6.07) is 4.18. The van der Waals surface area contributed by atoms with Crippen molar-refractivity contribution in [3.05, 3.63) is 32.5 Å². The Bertz CT molecular complexity index is 560. The summed E-state index contributed by atoms with van der Waals surface area (Å²) < 4.78 is 4.70. The smallest absolute Gasteiger partial charge is 0.350 e. The van der Waals surface area contributed by atoms with Crippen LogP contribution in [-0.2, 0) is 11.3 Å². The number of carbonyl (C=O) groups is 1. The van der Waals surface area contributed by atoms with Gasteiger partial charge in [-0.3, -0.25) is 0 Å². The van der Waals surface area contributed by atoms with E-state index < -0.39 is 0 Å². The van der Waals surface area contributed by atoms with Gasteiger partial charge in [0.2, 0.25) is 0 Å². The fraction of sp³-hybridized carbons (Fsp3) is 0.333. The number of hydrogen-bond acceptors (Lipinski definition) is 6. The Labute approximate surface area is 114 Å². The molecule has 0 bridgehead atoms. The molecule has 0 spiro atoms. The molecule has 96 valence electrons. The molecule has 0 aliphatic rings. The SMILES string of the molecule is COC(=O)c1sc(NCc2ccc(C)s2)nc1C. The number of thiophene rings is 1. The molecular formula is C12H14N2O2S2. The number of aryl methyl sites for hydroxylation is 2.